The normalized spacial score (nSPS) is 18.7. The fraction of sp³-hybridized carbons (Fsp3) is 0.500. The summed E-state index contributed by atoms with van der Waals surface area (Å²) in [7, 11) is 1.76. The number of anilines is 1. The van der Waals surface area contributed by atoms with Gasteiger partial charge >= 0.3 is 0 Å². The van der Waals surface area contributed by atoms with E-state index in [1.165, 1.54) is 6.42 Å². The molecule has 0 amide bonds. The van der Waals surface area contributed by atoms with Crippen LogP contribution in [0.3, 0.4) is 0 Å². The third kappa shape index (κ3) is 4.07. The van der Waals surface area contributed by atoms with Crippen LogP contribution in [0, 0.1) is 0 Å². The van der Waals surface area contributed by atoms with Crippen molar-refractivity contribution >= 4 is 16.9 Å². The first-order chi connectivity index (χ1) is 15.6. The molecule has 2 aromatic heterocycles. The second-order valence-corrected chi connectivity index (χ2v) is 8.91. The van der Waals surface area contributed by atoms with Gasteiger partial charge in [0.2, 0.25) is 5.95 Å². The summed E-state index contributed by atoms with van der Waals surface area (Å²) in [5.41, 5.74) is 2.89. The molecule has 1 unspecified atom stereocenters. The highest BCUT2D eigenvalue weighted by molar-refractivity contribution is 5.78. The van der Waals surface area contributed by atoms with Gasteiger partial charge in [0.15, 0.2) is 0 Å². The fourth-order valence-corrected chi connectivity index (χ4v) is 4.99. The van der Waals surface area contributed by atoms with Crippen molar-refractivity contribution in [3.8, 4) is 0 Å². The maximum absolute atomic E-state index is 12.7. The van der Waals surface area contributed by atoms with Gasteiger partial charge < -0.3 is 5.32 Å². The monoisotopic (exact) mass is 434 g/mol. The van der Waals surface area contributed by atoms with E-state index in [4.69, 9.17) is 0 Å². The smallest absolute Gasteiger partial charge is 0.267 e. The standard InChI is InChI=1S/C24H30N6O2/c1-28-23(32)19-9-2-3-10-21(19)26-24(28)25-16-18-8-4-5-12-29(18)13-14-30-22(31)15-17-7-6-11-20(17)27-30/h2-3,9-10,15,18H,4-8,11-14,16H2,1H3,(H,25,26). The largest absolute Gasteiger partial charge is 0.354 e. The third-order valence-electron chi connectivity index (χ3n) is 6.85. The number of hydrogen-bond donors (Lipinski definition) is 1. The average molecular weight is 435 g/mol. The average Bonchev–Trinajstić information content (AvgIpc) is 3.26. The van der Waals surface area contributed by atoms with Crippen molar-refractivity contribution in [2.45, 2.75) is 51.1 Å². The van der Waals surface area contributed by atoms with Crippen molar-refractivity contribution in [1.29, 1.82) is 0 Å². The van der Waals surface area contributed by atoms with E-state index in [0.717, 1.165) is 56.5 Å². The van der Waals surface area contributed by atoms with Crippen LogP contribution in [0.25, 0.3) is 10.9 Å². The molecule has 168 valence electrons. The van der Waals surface area contributed by atoms with Crippen LogP contribution in [0.5, 0.6) is 0 Å². The number of para-hydroxylation sites is 1. The van der Waals surface area contributed by atoms with Crippen molar-refractivity contribution in [3.63, 3.8) is 0 Å². The number of aryl methyl sites for hydroxylation is 2. The number of likely N-dealkylation sites (tertiary alicyclic amines) is 1. The molecule has 0 bridgehead atoms. The zero-order valence-electron chi connectivity index (χ0n) is 18.6. The second kappa shape index (κ2) is 8.86. The van der Waals surface area contributed by atoms with Gasteiger partial charge in [0.05, 0.1) is 23.1 Å². The summed E-state index contributed by atoms with van der Waals surface area (Å²) in [6.45, 7) is 3.12. The number of rotatable bonds is 6. The number of nitrogens with one attached hydrogen (secondary N) is 1. The van der Waals surface area contributed by atoms with Gasteiger partial charge in [-0.05, 0) is 56.3 Å². The lowest BCUT2D eigenvalue weighted by Crippen LogP contribution is -2.46. The first kappa shape index (κ1) is 20.9. The molecule has 0 saturated carbocycles. The van der Waals surface area contributed by atoms with Crippen LogP contribution in [-0.4, -0.2) is 49.9 Å². The van der Waals surface area contributed by atoms with E-state index in [1.54, 1.807) is 22.4 Å². The molecule has 0 radical (unpaired) electrons. The molecule has 1 aliphatic heterocycles. The highest BCUT2D eigenvalue weighted by Gasteiger charge is 2.23. The number of aromatic nitrogens is 4. The van der Waals surface area contributed by atoms with Gasteiger partial charge in [-0.15, -0.1) is 0 Å². The van der Waals surface area contributed by atoms with Crippen LogP contribution in [0.15, 0.2) is 39.9 Å². The number of nitrogens with zero attached hydrogens (tertiary/aromatic N) is 5. The van der Waals surface area contributed by atoms with Crippen LogP contribution in [0.4, 0.5) is 5.95 Å². The lowest BCUT2D eigenvalue weighted by Gasteiger charge is -2.36. The molecular formula is C24H30N6O2. The summed E-state index contributed by atoms with van der Waals surface area (Å²) in [5, 5.41) is 8.67. The van der Waals surface area contributed by atoms with E-state index in [0.29, 0.717) is 36.0 Å². The predicted octanol–water partition coefficient (Wildman–Crippen LogP) is 1.95. The SMILES string of the molecule is Cn1c(NCC2CCCCN2CCn2nc3c(cc2=O)CCC3)nc2ccccc2c1=O. The van der Waals surface area contributed by atoms with Crippen molar-refractivity contribution in [3.05, 3.63) is 62.3 Å². The molecule has 8 nitrogen and oxygen atoms in total. The van der Waals surface area contributed by atoms with Gasteiger partial charge in [-0.1, -0.05) is 18.6 Å². The third-order valence-corrected chi connectivity index (χ3v) is 6.85. The molecule has 1 atom stereocenters. The van der Waals surface area contributed by atoms with E-state index < -0.39 is 0 Å². The Labute approximate surface area is 186 Å². The summed E-state index contributed by atoms with van der Waals surface area (Å²) < 4.78 is 3.22. The van der Waals surface area contributed by atoms with Crippen molar-refractivity contribution in [2.24, 2.45) is 7.05 Å². The van der Waals surface area contributed by atoms with E-state index >= 15 is 0 Å². The minimum atomic E-state index is -0.0411. The topological polar surface area (TPSA) is 85.1 Å². The zero-order valence-corrected chi connectivity index (χ0v) is 18.6. The van der Waals surface area contributed by atoms with Gasteiger partial charge in [0.25, 0.3) is 11.1 Å². The molecule has 1 saturated heterocycles. The van der Waals surface area contributed by atoms with Crippen LogP contribution in [0.1, 0.15) is 36.9 Å². The summed E-state index contributed by atoms with van der Waals surface area (Å²) in [6.07, 6.45) is 6.48. The zero-order chi connectivity index (χ0) is 22.1. The van der Waals surface area contributed by atoms with Crippen molar-refractivity contribution < 1.29 is 0 Å². The first-order valence-corrected chi connectivity index (χ1v) is 11.6. The number of piperidine rings is 1. The lowest BCUT2D eigenvalue weighted by molar-refractivity contribution is 0.147. The Morgan fingerprint density at radius 2 is 1.97 bits per heavy atom. The molecule has 3 aromatic rings. The molecule has 1 N–H and O–H groups in total. The lowest BCUT2D eigenvalue weighted by atomic mass is 10.0. The van der Waals surface area contributed by atoms with Crippen molar-refractivity contribution in [1.82, 2.24) is 24.2 Å². The van der Waals surface area contributed by atoms with E-state index in [9.17, 15) is 9.59 Å². The van der Waals surface area contributed by atoms with Gasteiger partial charge in [0.1, 0.15) is 0 Å². The van der Waals surface area contributed by atoms with Crippen LogP contribution >= 0.6 is 0 Å². The van der Waals surface area contributed by atoms with Crippen LogP contribution in [0.2, 0.25) is 0 Å². The summed E-state index contributed by atoms with van der Waals surface area (Å²) in [4.78, 5) is 32.2. The second-order valence-electron chi connectivity index (χ2n) is 8.91. The van der Waals surface area contributed by atoms with Crippen LogP contribution in [-0.2, 0) is 26.4 Å². The Balaban J connectivity index is 1.28. The molecule has 3 heterocycles. The Kier molecular flexibility index (Phi) is 5.78. The molecule has 32 heavy (non-hydrogen) atoms. The van der Waals surface area contributed by atoms with E-state index in [1.807, 2.05) is 24.3 Å². The highest BCUT2D eigenvalue weighted by Crippen LogP contribution is 2.19. The highest BCUT2D eigenvalue weighted by atomic mass is 16.1. The van der Waals surface area contributed by atoms with E-state index in [2.05, 4.69) is 20.3 Å². The molecule has 2 aliphatic rings. The van der Waals surface area contributed by atoms with Gasteiger partial charge in [-0.2, -0.15) is 5.10 Å². The Morgan fingerprint density at radius 3 is 2.88 bits per heavy atom. The number of hydrogen-bond acceptors (Lipinski definition) is 6. The van der Waals surface area contributed by atoms with Crippen molar-refractivity contribution in [2.75, 3.05) is 25.0 Å². The molecule has 1 fully saturated rings. The van der Waals surface area contributed by atoms with Gasteiger partial charge in [-0.25, -0.2) is 9.67 Å². The van der Waals surface area contributed by atoms with Crippen LogP contribution < -0.4 is 16.4 Å². The Bertz CT molecular complexity index is 1250. The fourth-order valence-electron chi connectivity index (χ4n) is 4.99. The summed E-state index contributed by atoms with van der Waals surface area (Å²) in [5.74, 6) is 0.593. The molecule has 0 spiro atoms. The first-order valence-electron chi connectivity index (χ1n) is 11.6. The maximum atomic E-state index is 12.7. The van der Waals surface area contributed by atoms with Gasteiger partial charge in [0, 0.05) is 32.2 Å². The Hall–Kier alpha value is -3.00. The Morgan fingerprint density at radius 1 is 1.09 bits per heavy atom. The minimum Gasteiger partial charge on any atom is -0.354 e. The summed E-state index contributed by atoms with van der Waals surface area (Å²) >= 11 is 0. The van der Waals surface area contributed by atoms with Gasteiger partial charge in [-0.3, -0.25) is 19.1 Å². The molecule has 8 heteroatoms. The molecule has 5 rings (SSSR count). The predicted molar refractivity (Wildman–Crippen MR) is 125 cm³/mol. The quantitative estimate of drug-likeness (QED) is 0.638. The molecular weight excluding hydrogens is 404 g/mol. The maximum Gasteiger partial charge on any atom is 0.267 e. The van der Waals surface area contributed by atoms with E-state index in [-0.39, 0.29) is 11.1 Å². The number of benzene rings is 1. The molecule has 1 aromatic carbocycles. The summed E-state index contributed by atoms with van der Waals surface area (Å²) in [6, 6.07) is 9.55. The minimum absolute atomic E-state index is 0.00713. The number of fused-ring (bicyclic) bond motifs is 2. The molecule has 1 aliphatic carbocycles.